The monoisotopic (exact) mass is 385 g/mol. The van der Waals surface area contributed by atoms with Crippen LogP contribution in [0.25, 0.3) is 0 Å². The van der Waals surface area contributed by atoms with Crippen molar-refractivity contribution < 1.29 is 22.4 Å². The molecule has 0 aliphatic carbocycles. The Labute approximate surface area is 157 Å². The molecule has 0 atom stereocenters. The van der Waals surface area contributed by atoms with Gasteiger partial charge in [-0.3, -0.25) is 4.79 Å². The molecule has 1 amide bonds. The Balaban J connectivity index is 1.82. The minimum atomic E-state index is -3.59. The lowest BCUT2D eigenvalue weighted by Crippen LogP contribution is -2.15. The normalized spacial score (nSPS) is 11.1. The number of hydrogen-bond donors (Lipinski definition) is 1. The smallest absolute Gasteiger partial charge is 0.291 e. The van der Waals surface area contributed by atoms with Crippen LogP contribution in [0.15, 0.2) is 76.2 Å². The number of amides is 1. The minimum Gasteiger partial charge on any atom is -0.492 e. The molecule has 6 nitrogen and oxygen atoms in total. The molecular formula is C20H19NO5S. The molecule has 0 bridgehead atoms. The van der Waals surface area contributed by atoms with E-state index >= 15 is 0 Å². The van der Waals surface area contributed by atoms with Gasteiger partial charge in [-0.05, 0) is 37.3 Å². The molecule has 0 aliphatic rings. The van der Waals surface area contributed by atoms with Gasteiger partial charge in [0.05, 0.1) is 29.2 Å². The number of nitrogens with one attached hydrogen (secondary N) is 1. The summed E-state index contributed by atoms with van der Waals surface area (Å²) in [5.74, 6) is -0.381. The van der Waals surface area contributed by atoms with Gasteiger partial charge in [0.1, 0.15) is 5.75 Å². The van der Waals surface area contributed by atoms with E-state index in [1.54, 1.807) is 42.5 Å². The van der Waals surface area contributed by atoms with Gasteiger partial charge in [-0.25, -0.2) is 8.42 Å². The number of benzene rings is 2. The van der Waals surface area contributed by atoms with Crippen LogP contribution < -0.4 is 10.1 Å². The van der Waals surface area contributed by atoms with E-state index in [-0.39, 0.29) is 16.4 Å². The van der Waals surface area contributed by atoms with Gasteiger partial charge in [0.15, 0.2) is 15.6 Å². The summed E-state index contributed by atoms with van der Waals surface area (Å²) in [6.07, 6.45) is 1.30. The van der Waals surface area contributed by atoms with E-state index in [1.165, 1.54) is 24.5 Å². The molecule has 27 heavy (non-hydrogen) atoms. The van der Waals surface area contributed by atoms with Gasteiger partial charge < -0.3 is 14.5 Å². The van der Waals surface area contributed by atoms with Crippen molar-refractivity contribution in [1.82, 2.24) is 0 Å². The minimum absolute atomic E-state index is 0.0409. The maximum absolute atomic E-state index is 12.6. The average Bonchev–Trinajstić information content (AvgIpc) is 3.12. The number of carbonyl (C=O) groups is 1. The number of ether oxygens (including phenoxy) is 1. The molecule has 140 valence electrons. The number of para-hydroxylation sites is 2. The SMILES string of the molecule is CCOc1ccccc1NC(=O)c1occc1CS(=O)(=O)c1ccccc1. The standard InChI is InChI=1S/C20H19NO5S/c1-2-25-18-11-7-6-10-17(18)21-20(22)19-15(12-13-26-19)14-27(23,24)16-8-4-3-5-9-16/h3-13H,2,14H2,1H3,(H,21,22). The van der Waals surface area contributed by atoms with E-state index in [9.17, 15) is 13.2 Å². The summed E-state index contributed by atoms with van der Waals surface area (Å²) >= 11 is 0. The van der Waals surface area contributed by atoms with Crippen LogP contribution in [0.1, 0.15) is 23.0 Å². The molecule has 3 rings (SSSR count). The highest BCUT2D eigenvalue weighted by Gasteiger charge is 2.23. The summed E-state index contributed by atoms with van der Waals surface area (Å²) in [5, 5.41) is 2.71. The zero-order chi connectivity index (χ0) is 19.3. The van der Waals surface area contributed by atoms with Gasteiger partial charge in [-0.2, -0.15) is 0 Å². The molecule has 0 radical (unpaired) electrons. The van der Waals surface area contributed by atoms with Gasteiger partial charge in [-0.1, -0.05) is 30.3 Å². The quantitative estimate of drug-likeness (QED) is 0.667. The topological polar surface area (TPSA) is 85.6 Å². The highest BCUT2D eigenvalue weighted by Crippen LogP contribution is 2.26. The van der Waals surface area contributed by atoms with Crippen LogP contribution >= 0.6 is 0 Å². The number of hydrogen-bond acceptors (Lipinski definition) is 5. The molecule has 0 aliphatic heterocycles. The van der Waals surface area contributed by atoms with E-state index in [1.807, 2.05) is 6.92 Å². The van der Waals surface area contributed by atoms with Gasteiger partial charge in [0.25, 0.3) is 5.91 Å². The maximum Gasteiger partial charge on any atom is 0.291 e. The Morgan fingerprint density at radius 2 is 1.74 bits per heavy atom. The second-order valence-corrected chi connectivity index (χ2v) is 7.72. The van der Waals surface area contributed by atoms with Crippen LogP contribution in [0.5, 0.6) is 5.75 Å². The Morgan fingerprint density at radius 3 is 2.48 bits per heavy atom. The van der Waals surface area contributed by atoms with Gasteiger partial charge >= 0.3 is 0 Å². The highest BCUT2D eigenvalue weighted by atomic mass is 32.2. The summed E-state index contributed by atoms with van der Waals surface area (Å²) in [6, 6.07) is 16.6. The fraction of sp³-hybridized carbons (Fsp3) is 0.150. The van der Waals surface area contributed by atoms with Crippen LogP contribution in [0.2, 0.25) is 0 Å². The molecule has 7 heteroatoms. The lowest BCUT2D eigenvalue weighted by molar-refractivity contribution is 0.0995. The number of sulfone groups is 1. The lowest BCUT2D eigenvalue weighted by Gasteiger charge is -2.11. The third kappa shape index (κ3) is 4.38. The fourth-order valence-electron chi connectivity index (χ4n) is 2.59. The summed E-state index contributed by atoms with van der Waals surface area (Å²) < 4.78 is 35.9. The van der Waals surface area contributed by atoms with E-state index in [0.29, 0.717) is 23.6 Å². The predicted molar refractivity (Wildman–Crippen MR) is 102 cm³/mol. The Hall–Kier alpha value is -3.06. The number of rotatable bonds is 7. The summed E-state index contributed by atoms with van der Waals surface area (Å²) in [7, 11) is -3.59. The Morgan fingerprint density at radius 1 is 1.04 bits per heavy atom. The second-order valence-electron chi connectivity index (χ2n) is 5.73. The average molecular weight is 385 g/mol. The first kappa shape index (κ1) is 18.7. The van der Waals surface area contributed by atoms with Crippen LogP contribution in [-0.4, -0.2) is 20.9 Å². The largest absolute Gasteiger partial charge is 0.492 e. The Bertz CT molecular complexity index is 1030. The summed E-state index contributed by atoms with van der Waals surface area (Å²) in [6.45, 7) is 2.30. The fourth-order valence-corrected chi connectivity index (χ4v) is 3.97. The molecule has 0 spiro atoms. The van der Waals surface area contributed by atoms with E-state index < -0.39 is 15.7 Å². The van der Waals surface area contributed by atoms with Crippen molar-refractivity contribution in [3.63, 3.8) is 0 Å². The van der Waals surface area contributed by atoms with Crippen molar-refractivity contribution in [2.45, 2.75) is 17.6 Å². The third-order valence-corrected chi connectivity index (χ3v) is 5.52. The zero-order valence-corrected chi connectivity index (χ0v) is 15.5. The van der Waals surface area contributed by atoms with Gasteiger partial charge in [-0.15, -0.1) is 0 Å². The van der Waals surface area contributed by atoms with Crippen molar-refractivity contribution >= 4 is 21.4 Å². The van der Waals surface area contributed by atoms with Crippen LogP contribution in [-0.2, 0) is 15.6 Å². The van der Waals surface area contributed by atoms with Crippen molar-refractivity contribution in [1.29, 1.82) is 0 Å². The molecule has 0 saturated carbocycles. The van der Waals surface area contributed by atoms with Crippen molar-refractivity contribution in [3.8, 4) is 5.75 Å². The first-order valence-electron chi connectivity index (χ1n) is 8.38. The zero-order valence-electron chi connectivity index (χ0n) is 14.7. The highest BCUT2D eigenvalue weighted by molar-refractivity contribution is 7.90. The van der Waals surface area contributed by atoms with Gasteiger partial charge in [0.2, 0.25) is 0 Å². The predicted octanol–water partition coefficient (Wildman–Crippen LogP) is 3.90. The molecule has 1 N–H and O–H groups in total. The first-order valence-corrected chi connectivity index (χ1v) is 10.0. The number of furan rings is 1. The molecule has 1 heterocycles. The van der Waals surface area contributed by atoms with Crippen LogP contribution in [0.4, 0.5) is 5.69 Å². The molecule has 2 aromatic carbocycles. The molecule has 0 fully saturated rings. The second kappa shape index (κ2) is 8.09. The summed E-state index contributed by atoms with van der Waals surface area (Å²) in [4.78, 5) is 12.8. The van der Waals surface area contributed by atoms with Crippen LogP contribution in [0, 0.1) is 0 Å². The Kier molecular flexibility index (Phi) is 5.61. The van der Waals surface area contributed by atoms with Crippen molar-refractivity contribution in [2.75, 3.05) is 11.9 Å². The molecule has 0 unspecified atom stereocenters. The lowest BCUT2D eigenvalue weighted by atomic mass is 10.2. The molecular weight excluding hydrogens is 366 g/mol. The number of anilines is 1. The van der Waals surface area contributed by atoms with Crippen LogP contribution in [0.3, 0.4) is 0 Å². The van der Waals surface area contributed by atoms with E-state index in [0.717, 1.165) is 0 Å². The van der Waals surface area contributed by atoms with Gasteiger partial charge in [0, 0.05) is 5.56 Å². The molecule has 0 saturated heterocycles. The number of carbonyl (C=O) groups excluding carboxylic acids is 1. The molecule has 3 aromatic rings. The van der Waals surface area contributed by atoms with Crippen molar-refractivity contribution in [2.24, 2.45) is 0 Å². The van der Waals surface area contributed by atoms with E-state index in [2.05, 4.69) is 5.32 Å². The summed E-state index contributed by atoms with van der Waals surface area (Å²) in [5.41, 5.74) is 0.780. The van der Waals surface area contributed by atoms with Crippen molar-refractivity contribution in [3.05, 3.63) is 78.3 Å². The maximum atomic E-state index is 12.6. The third-order valence-electron chi connectivity index (χ3n) is 3.84. The molecule has 1 aromatic heterocycles. The van der Waals surface area contributed by atoms with E-state index in [4.69, 9.17) is 9.15 Å². The first-order chi connectivity index (χ1) is 13.0.